The van der Waals surface area contributed by atoms with Gasteiger partial charge in [0, 0.05) is 24.5 Å². The van der Waals surface area contributed by atoms with E-state index in [1.54, 1.807) is 0 Å². The van der Waals surface area contributed by atoms with E-state index in [0.717, 1.165) is 44.2 Å². The molecule has 23 heavy (non-hydrogen) atoms. The number of rotatable bonds is 4. The molecule has 5 heteroatoms. The highest BCUT2D eigenvalue weighted by Crippen LogP contribution is 2.50. The minimum absolute atomic E-state index is 0.191. The maximum absolute atomic E-state index is 13.0. The third-order valence-corrected chi connectivity index (χ3v) is 5.41. The van der Waals surface area contributed by atoms with Crippen molar-refractivity contribution < 1.29 is 14.7 Å². The zero-order valence-corrected chi connectivity index (χ0v) is 13.9. The summed E-state index contributed by atoms with van der Waals surface area (Å²) < 4.78 is 0. The van der Waals surface area contributed by atoms with Gasteiger partial charge in [-0.05, 0) is 55.7 Å². The van der Waals surface area contributed by atoms with Gasteiger partial charge >= 0.3 is 5.97 Å². The summed E-state index contributed by atoms with van der Waals surface area (Å²) in [6.45, 7) is 1.41. The lowest BCUT2D eigenvalue weighted by molar-refractivity contribution is -0.138. The smallest absolute Gasteiger partial charge is 0.303 e. The van der Waals surface area contributed by atoms with Crippen molar-refractivity contribution in [3.05, 3.63) is 34.9 Å². The Labute approximate surface area is 141 Å². The average molecular weight is 336 g/mol. The number of amides is 1. The Morgan fingerprint density at radius 2 is 1.87 bits per heavy atom. The number of nitrogens with zero attached hydrogens (tertiary/aromatic N) is 1. The Hall–Kier alpha value is -1.55. The van der Waals surface area contributed by atoms with Gasteiger partial charge in [0.2, 0.25) is 5.91 Å². The monoisotopic (exact) mass is 335 g/mol. The van der Waals surface area contributed by atoms with E-state index in [0.29, 0.717) is 11.6 Å². The van der Waals surface area contributed by atoms with Gasteiger partial charge < -0.3 is 10.0 Å². The van der Waals surface area contributed by atoms with Gasteiger partial charge in [-0.1, -0.05) is 23.7 Å². The van der Waals surface area contributed by atoms with Gasteiger partial charge in [0.25, 0.3) is 0 Å². The molecule has 1 saturated heterocycles. The SMILES string of the molecule is O=C(O)C[C@@H]1CCCN(C(=O)C2(c3ccc(Cl)cc3)CC2)CC1. The van der Waals surface area contributed by atoms with Crippen molar-refractivity contribution in [1.29, 1.82) is 0 Å². The number of hydrogen-bond acceptors (Lipinski definition) is 2. The molecule has 1 N–H and O–H groups in total. The van der Waals surface area contributed by atoms with Crippen molar-refractivity contribution in [3.8, 4) is 0 Å². The largest absolute Gasteiger partial charge is 0.481 e. The molecule has 0 spiro atoms. The van der Waals surface area contributed by atoms with Crippen LogP contribution in [0, 0.1) is 5.92 Å². The van der Waals surface area contributed by atoms with E-state index in [4.69, 9.17) is 16.7 Å². The van der Waals surface area contributed by atoms with Crippen LogP contribution >= 0.6 is 11.6 Å². The van der Waals surface area contributed by atoms with Gasteiger partial charge in [-0.2, -0.15) is 0 Å². The summed E-state index contributed by atoms with van der Waals surface area (Å²) in [7, 11) is 0. The van der Waals surface area contributed by atoms with Crippen molar-refractivity contribution in [2.24, 2.45) is 5.92 Å². The van der Waals surface area contributed by atoms with Crippen molar-refractivity contribution in [2.45, 2.75) is 43.9 Å². The fourth-order valence-corrected chi connectivity index (χ4v) is 3.77. The molecule has 2 aliphatic rings. The zero-order chi connectivity index (χ0) is 16.4. The maximum atomic E-state index is 13.0. The van der Waals surface area contributed by atoms with Crippen LogP contribution in [-0.4, -0.2) is 35.0 Å². The molecule has 1 aliphatic heterocycles. The molecule has 1 aromatic carbocycles. The van der Waals surface area contributed by atoms with Crippen LogP contribution in [0.3, 0.4) is 0 Å². The first-order valence-corrected chi connectivity index (χ1v) is 8.66. The maximum Gasteiger partial charge on any atom is 0.303 e. The number of benzene rings is 1. The van der Waals surface area contributed by atoms with E-state index in [-0.39, 0.29) is 23.7 Å². The van der Waals surface area contributed by atoms with E-state index in [9.17, 15) is 9.59 Å². The molecular formula is C18H22ClNO3. The number of halogens is 1. The van der Waals surface area contributed by atoms with Gasteiger partial charge in [-0.3, -0.25) is 9.59 Å². The first-order chi connectivity index (χ1) is 11.0. The molecule has 1 aliphatic carbocycles. The molecule has 2 fully saturated rings. The van der Waals surface area contributed by atoms with E-state index in [2.05, 4.69) is 0 Å². The molecule has 0 unspecified atom stereocenters. The van der Waals surface area contributed by atoms with Crippen LogP contribution < -0.4 is 0 Å². The zero-order valence-electron chi connectivity index (χ0n) is 13.1. The van der Waals surface area contributed by atoms with E-state index in [1.807, 2.05) is 29.2 Å². The lowest BCUT2D eigenvalue weighted by Crippen LogP contribution is -2.40. The summed E-state index contributed by atoms with van der Waals surface area (Å²) in [5, 5.41) is 9.64. The fourth-order valence-electron chi connectivity index (χ4n) is 3.64. The quantitative estimate of drug-likeness (QED) is 0.916. The van der Waals surface area contributed by atoms with Crippen molar-refractivity contribution >= 4 is 23.5 Å². The molecule has 0 bridgehead atoms. The lowest BCUT2D eigenvalue weighted by atomic mass is 9.94. The van der Waals surface area contributed by atoms with Crippen LogP contribution in [0.15, 0.2) is 24.3 Å². The Morgan fingerprint density at radius 3 is 2.48 bits per heavy atom. The number of carbonyl (C=O) groups excluding carboxylic acids is 1. The van der Waals surface area contributed by atoms with Gasteiger partial charge in [-0.15, -0.1) is 0 Å². The molecule has 124 valence electrons. The number of aliphatic carboxylic acids is 1. The van der Waals surface area contributed by atoms with Crippen LogP contribution in [0.25, 0.3) is 0 Å². The number of carboxylic acids is 1. The van der Waals surface area contributed by atoms with Crippen LogP contribution in [0.4, 0.5) is 0 Å². The second-order valence-corrected chi connectivity index (χ2v) is 7.21. The average Bonchev–Trinajstić information content (AvgIpc) is 3.32. The third kappa shape index (κ3) is 3.52. The van der Waals surface area contributed by atoms with Crippen molar-refractivity contribution in [1.82, 2.24) is 4.90 Å². The van der Waals surface area contributed by atoms with E-state index in [1.165, 1.54) is 0 Å². The molecular weight excluding hydrogens is 314 g/mol. The Kier molecular flexibility index (Phi) is 4.62. The standard InChI is InChI=1S/C18H22ClNO3/c19-15-5-3-14(4-6-15)18(8-9-18)17(23)20-10-1-2-13(7-11-20)12-16(21)22/h3-6,13H,1-2,7-12H2,(H,21,22)/t13-/m1/s1. The van der Waals surface area contributed by atoms with E-state index >= 15 is 0 Å². The number of likely N-dealkylation sites (tertiary alicyclic amines) is 1. The van der Waals surface area contributed by atoms with Crippen LogP contribution in [0.1, 0.15) is 44.1 Å². The van der Waals surface area contributed by atoms with Gasteiger partial charge in [0.05, 0.1) is 5.41 Å². The Morgan fingerprint density at radius 1 is 1.17 bits per heavy atom. The summed E-state index contributed by atoms with van der Waals surface area (Å²) in [5.41, 5.74) is 0.690. The minimum Gasteiger partial charge on any atom is -0.481 e. The molecule has 1 heterocycles. The Bertz CT molecular complexity index is 595. The molecule has 1 aromatic rings. The van der Waals surface area contributed by atoms with Crippen molar-refractivity contribution in [2.75, 3.05) is 13.1 Å². The van der Waals surface area contributed by atoms with Crippen LogP contribution in [0.2, 0.25) is 5.02 Å². The lowest BCUT2D eigenvalue weighted by Gasteiger charge is -2.26. The molecule has 3 rings (SSSR count). The summed E-state index contributed by atoms with van der Waals surface area (Å²) in [4.78, 5) is 25.9. The summed E-state index contributed by atoms with van der Waals surface area (Å²) in [5.74, 6) is -0.346. The van der Waals surface area contributed by atoms with Gasteiger partial charge in [0.1, 0.15) is 0 Å². The summed E-state index contributed by atoms with van der Waals surface area (Å²) >= 11 is 5.95. The Balaban J connectivity index is 1.68. The molecule has 1 atom stereocenters. The van der Waals surface area contributed by atoms with Gasteiger partial charge in [-0.25, -0.2) is 0 Å². The van der Waals surface area contributed by atoms with E-state index < -0.39 is 5.97 Å². The first kappa shape index (κ1) is 16.3. The second-order valence-electron chi connectivity index (χ2n) is 6.78. The normalized spacial score (nSPS) is 23.2. The molecule has 0 aromatic heterocycles. The molecule has 0 radical (unpaired) electrons. The van der Waals surface area contributed by atoms with Gasteiger partial charge in [0.15, 0.2) is 0 Å². The van der Waals surface area contributed by atoms with Crippen LogP contribution in [-0.2, 0) is 15.0 Å². The number of carboxylic acid groups (broad SMARTS) is 1. The third-order valence-electron chi connectivity index (χ3n) is 5.15. The fraction of sp³-hybridized carbons (Fsp3) is 0.556. The molecule has 1 amide bonds. The second kappa shape index (κ2) is 6.52. The summed E-state index contributed by atoms with van der Waals surface area (Å²) in [6, 6.07) is 7.60. The highest BCUT2D eigenvalue weighted by molar-refractivity contribution is 6.30. The van der Waals surface area contributed by atoms with Crippen molar-refractivity contribution in [3.63, 3.8) is 0 Å². The topological polar surface area (TPSA) is 57.6 Å². The number of carbonyl (C=O) groups is 2. The predicted octanol–water partition coefficient (Wildman–Crippen LogP) is 3.48. The molecule has 1 saturated carbocycles. The predicted molar refractivity (Wildman–Crippen MR) is 88.5 cm³/mol. The highest BCUT2D eigenvalue weighted by Gasteiger charge is 2.52. The first-order valence-electron chi connectivity index (χ1n) is 8.28. The minimum atomic E-state index is -0.741. The number of hydrogen-bond donors (Lipinski definition) is 1. The highest BCUT2D eigenvalue weighted by atomic mass is 35.5. The molecule has 4 nitrogen and oxygen atoms in total. The van der Waals surface area contributed by atoms with Crippen LogP contribution in [0.5, 0.6) is 0 Å². The summed E-state index contributed by atoms with van der Waals surface area (Å²) in [6.07, 6.45) is 4.56.